The number of amides is 2. The molecule has 0 aromatic heterocycles. The molecule has 0 unspecified atom stereocenters. The highest BCUT2D eigenvalue weighted by Crippen LogP contribution is 2.42. The van der Waals surface area contributed by atoms with Crippen LogP contribution in [0, 0.1) is 10.8 Å². The Morgan fingerprint density at radius 2 is 0.741 bits per heavy atom. The molecule has 0 spiro atoms. The van der Waals surface area contributed by atoms with Crippen LogP contribution in [0.3, 0.4) is 0 Å². The maximum Gasteiger partial charge on any atom is 0.313 e. The highest BCUT2D eigenvalue weighted by Gasteiger charge is 2.27. The summed E-state index contributed by atoms with van der Waals surface area (Å²) in [4.78, 5) is 49.9. The highest BCUT2D eigenvalue weighted by atomic mass is 16.6. The average Bonchev–Trinajstić information content (AvgIpc) is 3.54. The molecule has 15 heteroatoms. The summed E-state index contributed by atoms with van der Waals surface area (Å²) < 4.78 is 49.5. The molecule has 2 aliphatic carbocycles. The first-order chi connectivity index (χ1) is 40.8. The number of carbonyl (C=O) groups is 4. The van der Waals surface area contributed by atoms with Crippen molar-refractivity contribution in [1.82, 2.24) is 0 Å². The van der Waals surface area contributed by atoms with E-state index in [9.17, 15) is 19.2 Å². The van der Waals surface area contributed by atoms with Crippen molar-refractivity contribution in [2.24, 2.45) is 10.8 Å². The second kappa shape index (κ2) is 39.9. The van der Waals surface area contributed by atoms with Crippen molar-refractivity contribution < 1.29 is 61.8 Å². The zero-order valence-corrected chi connectivity index (χ0v) is 52.4. The Morgan fingerprint density at radius 1 is 0.435 bits per heavy atom. The van der Waals surface area contributed by atoms with Crippen molar-refractivity contribution in [2.75, 3.05) is 103 Å². The minimum absolute atomic E-state index is 0.0791. The van der Waals surface area contributed by atoms with Crippen LogP contribution in [0.1, 0.15) is 121 Å². The van der Waals surface area contributed by atoms with Gasteiger partial charge in [-0.2, -0.15) is 0 Å². The monoisotopic (exact) mass is 1170 g/mol. The molecule has 464 valence electrons. The van der Waals surface area contributed by atoms with Gasteiger partial charge in [0.05, 0.1) is 105 Å². The summed E-state index contributed by atoms with van der Waals surface area (Å²) in [5.41, 5.74) is 11.3. The summed E-state index contributed by atoms with van der Waals surface area (Å²) in [5, 5.41) is 5.68. The lowest BCUT2D eigenvalue weighted by Gasteiger charge is -2.33. The Bertz CT molecular complexity index is 2550. The number of carbonyl (C=O) groups excluding carboxylic acids is 4. The third-order valence-electron chi connectivity index (χ3n) is 14.1. The van der Waals surface area contributed by atoms with Gasteiger partial charge < -0.3 is 53.3 Å². The first-order valence-electron chi connectivity index (χ1n) is 29.9. The minimum Gasteiger partial charge on any atom is -0.426 e. The molecule has 0 saturated carbocycles. The number of benzene rings is 2. The molecule has 2 amide bonds. The average molecular weight is 1170 g/mol. The van der Waals surface area contributed by atoms with E-state index in [1.807, 2.05) is 50.3 Å². The first-order valence-corrected chi connectivity index (χ1v) is 29.9. The van der Waals surface area contributed by atoms with Gasteiger partial charge in [0, 0.05) is 23.5 Å². The maximum atomic E-state index is 12.6. The predicted molar refractivity (Wildman–Crippen MR) is 339 cm³/mol. The predicted octanol–water partition coefficient (Wildman–Crippen LogP) is 14.0. The fourth-order valence-electron chi connectivity index (χ4n) is 9.44. The van der Waals surface area contributed by atoms with E-state index in [0.717, 1.165) is 35.1 Å². The number of ether oxygens (including phenoxy) is 9. The van der Waals surface area contributed by atoms with Crippen molar-refractivity contribution >= 4 is 35.1 Å². The van der Waals surface area contributed by atoms with Crippen molar-refractivity contribution in [2.45, 2.75) is 121 Å². The van der Waals surface area contributed by atoms with Gasteiger partial charge in [-0.05, 0) is 162 Å². The van der Waals surface area contributed by atoms with Crippen molar-refractivity contribution in [3.05, 3.63) is 166 Å². The van der Waals surface area contributed by atoms with E-state index in [2.05, 4.69) is 90.3 Å². The van der Waals surface area contributed by atoms with Crippen molar-refractivity contribution in [3.8, 4) is 11.5 Å². The Morgan fingerprint density at radius 3 is 1.05 bits per heavy atom. The fraction of sp³-hybridized carbons (Fsp3) is 0.486. The second-order valence-corrected chi connectivity index (χ2v) is 22.6. The summed E-state index contributed by atoms with van der Waals surface area (Å²) in [5.74, 6) is -0.626. The Hall–Kier alpha value is -6.56. The van der Waals surface area contributed by atoms with E-state index in [1.54, 1.807) is 48.5 Å². The van der Waals surface area contributed by atoms with Crippen molar-refractivity contribution in [1.29, 1.82) is 0 Å². The number of hydrogen-bond acceptors (Lipinski definition) is 13. The van der Waals surface area contributed by atoms with Gasteiger partial charge in [-0.3, -0.25) is 19.2 Å². The van der Waals surface area contributed by atoms with Crippen LogP contribution in [0.25, 0.3) is 0 Å². The lowest BCUT2D eigenvalue weighted by atomic mass is 9.72. The van der Waals surface area contributed by atoms with Crippen LogP contribution in [0.4, 0.5) is 11.4 Å². The third kappa shape index (κ3) is 30.9. The zero-order valence-electron chi connectivity index (χ0n) is 52.4. The number of nitrogens with one attached hydrogen (secondary N) is 2. The fourth-order valence-corrected chi connectivity index (χ4v) is 9.44. The summed E-state index contributed by atoms with van der Waals surface area (Å²) in [6.45, 7) is 26.7. The number of allylic oxidation sites excluding steroid dienone is 18. The molecule has 0 radical (unpaired) electrons. The topological polar surface area (TPSA) is 175 Å². The molecule has 2 aliphatic rings. The molecule has 4 rings (SSSR count). The second-order valence-electron chi connectivity index (χ2n) is 22.6. The van der Waals surface area contributed by atoms with Gasteiger partial charge >= 0.3 is 11.9 Å². The van der Waals surface area contributed by atoms with E-state index in [4.69, 9.17) is 42.6 Å². The normalized spacial score (nSPS) is 16.1. The quantitative estimate of drug-likeness (QED) is 0.0214. The summed E-state index contributed by atoms with van der Waals surface area (Å²) in [6, 6.07) is 13.2. The van der Waals surface area contributed by atoms with Crippen LogP contribution in [-0.4, -0.2) is 116 Å². The van der Waals surface area contributed by atoms with Crippen LogP contribution < -0.4 is 20.1 Å². The smallest absolute Gasteiger partial charge is 0.313 e. The molecule has 0 atom stereocenters. The lowest BCUT2D eigenvalue weighted by Crippen LogP contribution is -2.19. The molecule has 0 saturated heterocycles. The molecule has 0 aliphatic heterocycles. The van der Waals surface area contributed by atoms with Gasteiger partial charge in [0.15, 0.2) is 0 Å². The zero-order chi connectivity index (χ0) is 61.7. The van der Waals surface area contributed by atoms with E-state index in [0.29, 0.717) is 102 Å². The van der Waals surface area contributed by atoms with Crippen molar-refractivity contribution in [3.63, 3.8) is 0 Å². The largest absolute Gasteiger partial charge is 0.426 e. The number of rotatable bonds is 38. The van der Waals surface area contributed by atoms with Crippen LogP contribution in [0.5, 0.6) is 11.5 Å². The van der Waals surface area contributed by atoms with E-state index < -0.39 is 11.9 Å². The summed E-state index contributed by atoms with van der Waals surface area (Å²) >= 11 is 0. The Kier molecular flexibility index (Phi) is 33.3. The molecular formula is C70H96N2O13. The Balaban J connectivity index is 0.889. The van der Waals surface area contributed by atoms with Gasteiger partial charge in [0.25, 0.3) is 0 Å². The number of anilines is 2. The van der Waals surface area contributed by atoms with E-state index >= 15 is 0 Å². The molecule has 2 aromatic rings. The first kappa shape index (κ1) is 70.9. The molecule has 2 N–H and O–H groups in total. The van der Waals surface area contributed by atoms with Crippen LogP contribution in [0.2, 0.25) is 0 Å². The van der Waals surface area contributed by atoms with E-state index in [1.165, 1.54) is 60.1 Å². The van der Waals surface area contributed by atoms with Gasteiger partial charge in [0.1, 0.15) is 11.5 Å². The molecule has 0 fully saturated rings. The number of hydrogen-bond donors (Lipinski definition) is 2. The standard InChI is InChI=1S/C70H96N2O13/c1-53(21-31-63-57(5)19-13-35-69(63,7)8)15-11-17-55(3)51-65(73)71-59-23-27-61(28-24-59)84-67(75)33-37-77-39-41-79-43-45-81-47-49-83-50-48-82-46-44-80-42-40-78-38-34-68(76)85-62-29-25-60(26-30-62)72-66(74)52-56(4)18-12-16-54(2)22-32-64-58(6)20-14-36-70(64,9)10/h11-12,15-18,21-32,51-52H,13-14,19-20,33-50H2,1-10H3,(H,71,73)(H,72,74)/b17-11+,18-12+,31-21+,32-22+,53-15+,54-16+,55-51+,56-52+. The SMILES string of the molecule is CC1=C(/C=C/C(C)=C/C=C/C(C)=C/C(=O)Nc2ccc(OC(=O)CCOCCOCCOCCOCCOCCOCCOCCC(=O)Oc3ccc(NC(=O)/C=C(C)/C=C/C=C(C)/C=C/C4=C(C)CCCC4(C)C)cc3)cc2)C(C)(C)CCC1. The van der Waals surface area contributed by atoms with Crippen LogP contribution >= 0.6 is 0 Å². The van der Waals surface area contributed by atoms with Gasteiger partial charge in [0.2, 0.25) is 11.8 Å². The maximum absolute atomic E-state index is 12.6. The van der Waals surface area contributed by atoms with Gasteiger partial charge in [-0.25, -0.2) is 0 Å². The molecular weight excluding hydrogens is 1080 g/mol. The molecule has 0 heterocycles. The molecule has 0 bridgehead atoms. The Labute approximate surface area is 507 Å². The highest BCUT2D eigenvalue weighted by molar-refractivity contribution is 6.00. The van der Waals surface area contributed by atoms with Gasteiger partial charge in [-0.1, -0.05) is 111 Å². The van der Waals surface area contributed by atoms with Gasteiger partial charge in [-0.15, -0.1) is 0 Å². The molecule has 85 heavy (non-hydrogen) atoms. The minimum atomic E-state index is -0.429. The van der Waals surface area contributed by atoms with Crippen LogP contribution in [-0.2, 0) is 52.3 Å². The molecule has 2 aromatic carbocycles. The summed E-state index contributed by atoms with van der Waals surface area (Å²) in [6.07, 6.45) is 31.1. The summed E-state index contributed by atoms with van der Waals surface area (Å²) in [7, 11) is 0. The number of esters is 2. The third-order valence-corrected chi connectivity index (χ3v) is 14.1. The van der Waals surface area contributed by atoms with E-state index in [-0.39, 0.29) is 48.7 Å². The van der Waals surface area contributed by atoms with Crippen LogP contribution in [0.15, 0.2) is 166 Å². The molecule has 15 nitrogen and oxygen atoms in total. The lowest BCUT2D eigenvalue weighted by molar-refractivity contribution is -0.136.